The van der Waals surface area contributed by atoms with Crippen LogP contribution in [0.5, 0.6) is 0 Å². The van der Waals surface area contributed by atoms with Crippen LogP contribution in [0.15, 0.2) is 52.4 Å². The van der Waals surface area contributed by atoms with Crippen LogP contribution in [-0.2, 0) is 0 Å². The van der Waals surface area contributed by atoms with Crippen molar-refractivity contribution in [2.75, 3.05) is 5.43 Å². The van der Waals surface area contributed by atoms with Crippen molar-refractivity contribution < 1.29 is 0 Å². The SMILES string of the molecule is Cc1cc(C)c(C=NNc2nc(-c3ccccc3)c(C#N)c(=O)[nH]2)c(C)c1. The number of nitrogens with one attached hydrogen (secondary N) is 2. The zero-order chi connectivity index (χ0) is 19.4. The van der Waals surface area contributed by atoms with Gasteiger partial charge in [-0.3, -0.25) is 9.78 Å². The summed E-state index contributed by atoms with van der Waals surface area (Å²) in [6.45, 7) is 6.10. The number of hydrazone groups is 1. The van der Waals surface area contributed by atoms with E-state index < -0.39 is 5.56 Å². The highest BCUT2D eigenvalue weighted by Gasteiger charge is 2.12. The second-order valence-electron chi connectivity index (χ2n) is 6.30. The minimum atomic E-state index is -0.508. The lowest BCUT2D eigenvalue weighted by Crippen LogP contribution is -2.16. The molecule has 0 unspecified atom stereocenters. The molecule has 2 N–H and O–H groups in total. The summed E-state index contributed by atoms with van der Waals surface area (Å²) in [6, 6.07) is 15.2. The molecule has 0 saturated heterocycles. The Bertz CT molecular complexity index is 1080. The van der Waals surface area contributed by atoms with Gasteiger partial charge in [0, 0.05) is 11.1 Å². The summed E-state index contributed by atoms with van der Waals surface area (Å²) >= 11 is 0. The molecule has 3 rings (SSSR count). The number of hydrogen-bond acceptors (Lipinski definition) is 5. The van der Waals surface area contributed by atoms with Crippen LogP contribution in [0.2, 0.25) is 0 Å². The van der Waals surface area contributed by atoms with Crippen molar-refractivity contribution >= 4 is 12.2 Å². The van der Waals surface area contributed by atoms with E-state index in [1.807, 2.05) is 38.1 Å². The van der Waals surface area contributed by atoms with Gasteiger partial charge in [0.2, 0.25) is 5.95 Å². The number of aryl methyl sites for hydroxylation is 3. The average Bonchev–Trinajstić information content (AvgIpc) is 2.64. The number of aromatic nitrogens is 2. The van der Waals surface area contributed by atoms with E-state index in [0.29, 0.717) is 11.3 Å². The Morgan fingerprint density at radius 2 is 1.81 bits per heavy atom. The number of hydrogen-bond donors (Lipinski definition) is 2. The van der Waals surface area contributed by atoms with Gasteiger partial charge in [0.1, 0.15) is 11.6 Å². The Morgan fingerprint density at radius 3 is 2.44 bits per heavy atom. The van der Waals surface area contributed by atoms with Crippen molar-refractivity contribution in [2.45, 2.75) is 20.8 Å². The van der Waals surface area contributed by atoms with E-state index in [1.165, 1.54) is 5.56 Å². The normalized spacial score (nSPS) is 10.7. The number of nitrogens with zero attached hydrogens (tertiary/aromatic N) is 3. The summed E-state index contributed by atoms with van der Waals surface area (Å²) in [5.74, 6) is 0.177. The van der Waals surface area contributed by atoms with Crippen molar-refractivity contribution in [3.63, 3.8) is 0 Å². The van der Waals surface area contributed by atoms with Crippen LogP contribution in [0.3, 0.4) is 0 Å². The Morgan fingerprint density at radius 1 is 1.15 bits per heavy atom. The minimum absolute atomic E-state index is 0.0269. The average molecular weight is 357 g/mol. The van der Waals surface area contributed by atoms with Crippen molar-refractivity contribution in [1.29, 1.82) is 5.26 Å². The molecule has 0 radical (unpaired) electrons. The van der Waals surface area contributed by atoms with Crippen LogP contribution >= 0.6 is 0 Å². The van der Waals surface area contributed by atoms with Gasteiger partial charge in [-0.25, -0.2) is 10.4 Å². The summed E-state index contributed by atoms with van der Waals surface area (Å²) in [4.78, 5) is 19.1. The largest absolute Gasteiger partial charge is 0.290 e. The third kappa shape index (κ3) is 3.93. The van der Waals surface area contributed by atoms with Crippen LogP contribution in [-0.4, -0.2) is 16.2 Å². The van der Waals surface area contributed by atoms with Crippen LogP contribution in [0, 0.1) is 32.1 Å². The lowest BCUT2D eigenvalue weighted by atomic mass is 10.0. The maximum absolute atomic E-state index is 12.2. The van der Waals surface area contributed by atoms with Gasteiger partial charge in [0.15, 0.2) is 0 Å². The number of benzene rings is 2. The molecule has 0 bridgehead atoms. The summed E-state index contributed by atoms with van der Waals surface area (Å²) in [7, 11) is 0. The molecule has 0 amide bonds. The van der Waals surface area contributed by atoms with E-state index in [0.717, 1.165) is 16.7 Å². The van der Waals surface area contributed by atoms with Crippen molar-refractivity contribution in [3.8, 4) is 17.3 Å². The summed E-state index contributed by atoms with van der Waals surface area (Å²) in [6.07, 6.45) is 1.70. The van der Waals surface area contributed by atoms with Crippen LogP contribution < -0.4 is 11.0 Å². The van der Waals surface area contributed by atoms with E-state index in [4.69, 9.17) is 0 Å². The molecule has 27 heavy (non-hydrogen) atoms. The molecule has 6 nitrogen and oxygen atoms in total. The van der Waals surface area contributed by atoms with Gasteiger partial charge in [-0.1, -0.05) is 48.0 Å². The Labute approximate surface area is 157 Å². The van der Waals surface area contributed by atoms with Gasteiger partial charge in [-0.15, -0.1) is 0 Å². The number of H-pyrrole nitrogens is 1. The monoisotopic (exact) mass is 357 g/mol. The smallest absolute Gasteiger partial charge is 0.270 e. The second kappa shape index (κ2) is 7.67. The summed E-state index contributed by atoms with van der Waals surface area (Å²) < 4.78 is 0. The fourth-order valence-corrected chi connectivity index (χ4v) is 2.99. The first kappa shape index (κ1) is 18.1. The van der Waals surface area contributed by atoms with Crippen molar-refractivity contribution in [3.05, 3.63) is 80.6 Å². The number of aromatic amines is 1. The quantitative estimate of drug-likeness (QED) is 0.550. The summed E-state index contributed by atoms with van der Waals surface area (Å²) in [5, 5.41) is 13.5. The van der Waals surface area contributed by atoms with Gasteiger partial charge in [0.05, 0.1) is 11.9 Å². The summed E-state index contributed by atoms with van der Waals surface area (Å²) in [5.41, 5.74) is 7.67. The Hall–Kier alpha value is -3.72. The highest BCUT2D eigenvalue weighted by atomic mass is 16.1. The zero-order valence-corrected chi connectivity index (χ0v) is 15.4. The van der Waals surface area contributed by atoms with Crippen molar-refractivity contribution in [2.24, 2.45) is 5.10 Å². The fourth-order valence-electron chi connectivity index (χ4n) is 2.99. The molecule has 1 aromatic heterocycles. The van der Waals surface area contributed by atoms with Crippen molar-refractivity contribution in [1.82, 2.24) is 9.97 Å². The van der Waals surface area contributed by atoms with E-state index >= 15 is 0 Å². The lowest BCUT2D eigenvalue weighted by molar-refractivity contribution is 1.08. The second-order valence-corrected chi connectivity index (χ2v) is 6.30. The van der Waals surface area contributed by atoms with E-state index in [-0.39, 0.29) is 11.5 Å². The Balaban J connectivity index is 1.94. The third-order valence-electron chi connectivity index (χ3n) is 4.18. The maximum Gasteiger partial charge on any atom is 0.270 e. The van der Waals surface area contributed by atoms with E-state index in [2.05, 4.69) is 39.6 Å². The minimum Gasteiger partial charge on any atom is -0.290 e. The molecule has 0 aliphatic heterocycles. The third-order valence-corrected chi connectivity index (χ3v) is 4.18. The standard InChI is InChI=1S/C21H19N5O/c1-13-9-14(2)18(15(3)10-13)12-23-26-21-24-19(16-7-5-4-6-8-16)17(11-22)20(27)25-21/h4-10,12H,1-3H3,(H2,24,25,26,27). The van der Waals surface area contributed by atoms with E-state index in [1.54, 1.807) is 18.3 Å². The first-order valence-corrected chi connectivity index (χ1v) is 8.46. The van der Waals surface area contributed by atoms with Gasteiger partial charge < -0.3 is 0 Å². The van der Waals surface area contributed by atoms with Gasteiger partial charge >= 0.3 is 0 Å². The van der Waals surface area contributed by atoms with E-state index in [9.17, 15) is 10.1 Å². The molecular formula is C21H19N5O. The van der Waals surface area contributed by atoms with Gasteiger partial charge in [-0.05, 0) is 31.9 Å². The Kier molecular flexibility index (Phi) is 5.13. The fraction of sp³-hybridized carbons (Fsp3) is 0.143. The first-order chi connectivity index (χ1) is 13.0. The zero-order valence-electron chi connectivity index (χ0n) is 15.4. The number of rotatable bonds is 4. The van der Waals surface area contributed by atoms with Crippen LogP contribution in [0.25, 0.3) is 11.3 Å². The molecule has 0 spiro atoms. The van der Waals surface area contributed by atoms with Gasteiger partial charge in [0.25, 0.3) is 5.56 Å². The lowest BCUT2D eigenvalue weighted by Gasteiger charge is -2.08. The molecule has 0 aliphatic rings. The molecule has 6 heteroatoms. The first-order valence-electron chi connectivity index (χ1n) is 8.46. The molecule has 2 aromatic carbocycles. The molecule has 0 atom stereocenters. The topological polar surface area (TPSA) is 93.9 Å². The number of nitriles is 1. The highest BCUT2D eigenvalue weighted by molar-refractivity contribution is 5.84. The highest BCUT2D eigenvalue weighted by Crippen LogP contribution is 2.19. The predicted octanol–water partition coefficient (Wildman–Crippen LogP) is 3.68. The molecule has 0 aliphatic carbocycles. The molecule has 3 aromatic rings. The van der Waals surface area contributed by atoms with Crippen LogP contribution in [0.4, 0.5) is 5.95 Å². The molecule has 134 valence electrons. The predicted molar refractivity (Wildman–Crippen MR) is 107 cm³/mol. The maximum atomic E-state index is 12.2. The molecule has 0 fully saturated rings. The van der Waals surface area contributed by atoms with Gasteiger partial charge in [-0.2, -0.15) is 10.4 Å². The molecule has 1 heterocycles. The number of anilines is 1. The molecular weight excluding hydrogens is 338 g/mol. The van der Waals surface area contributed by atoms with Crippen LogP contribution in [0.1, 0.15) is 27.8 Å². The molecule has 0 saturated carbocycles.